The first kappa shape index (κ1) is 22.7. The second-order valence-corrected chi connectivity index (χ2v) is 7.95. The van der Waals surface area contributed by atoms with Crippen molar-refractivity contribution >= 4 is 27.9 Å². The third-order valence-electron chi connectivity index (χ3n) is 4.75. The maximum Gasteiger partial charge on any atom is 0.338 e. The van der Waals surface area contributed by atoms with Crippen molar-refractivity contribution in [3.63, 3.8) is 0 Å². The van der Waals surface area contributed by atoms with Crippen LogP contribution in [0.3, 0.4) is 0 Å². The summed E-state index contributed by atoms with van der Waals surface area (Å²) in [6.45, 7) is 4.29. The van der Waals surface area contributed by atoms with Gasteiger partial charge in [0.15, 0.2) is 11.5 Å². The van der Waals surface area contributed by atoms with Crippen molar-refractivity contribution in [2.24, 2.45) is 0 Å². The van der Waals surface area contributed by atoms with E-state index < -0.39 is 12.0 Å². The number of benzene rings is 2. The van der Waals surface area contributed by atoms with Gasteiger partial charge in [-0.1, -0.05) is 41.1 Å². The Labute approximate surface area is 189 Å². The molecule has 0 radical (unpaired) electrons. The maximum atomic E-state index is 12.6. The van der Waals surface area contributed by atoms with Gasteiger partial charge in [-0.15, -0.1) is 0 Å². The van der Waals surface area contributed by atoms with Gasteiger partial charge in [0.25, 0.3) is 0 Å². The molecule has 3 rings (SSSR count). The van der Waals surface area contributed by atoms with Gasteiger partial charge in [0, 0.05) is 10.2 Å². The van der Waals surface area contributed by atoms with E-state index in [4.69, 9.17) is 14.2 Å². The molecular weight excluding hydrogens is 464 g/mol. The Hall–Kier alpha value is -3.00. The van der Waals surface area contributed by atoms with Crippen LogP contribution in [0.15, 0.2) is 58.2 Å². The highest BCUT2D eigenvalue weighted by Crippen LogP contribution is 2.35. The van der Waals surface area contributed by atoms with Crippen molar-refractivity contribution < 1.29 is 23.8 Å². The molecule has 1 unspecified atom stereocenters. The van der Waals surface area contributed by atoms with Crippen molar-refractivity contribution in [2.45, 2.75) is 32.9 Å². The smallest absolute Gasteiger partial charge is 0.338 e. The Balaban J connectivity index is 1.85. The Kier molecular flexibility index (Phi) is 7.57. The lowest BCUT2D eigenvalue weighted by Gasteiger charge is -2.28. The lowest BCUT2D eigenvalue weighted by Crippen LogP contribution is -2.45. The number of hydrogen-bond acceptors (Lipinski definition) is 5. The SMILES string of the molecule is CCCOC(=O)C1=C(C)NC(=O)NC1c1ccc(OCc2ccc(Br)cc2)c(OC)c1. The second-order valence-electron chi connectivity index (χ2n) is 7.03. The molecule has 164 valence electrons. The van der Waals surface area contributed by atoms with Crippen molar-refractivity contribution in [3.05, 3.63) is 69.3 Å². The molecule has 2 aromatic carbocycles. The minimum absolute atomic E-state index is 0.308. The molecule has 8 heteroatoms. The van der Waals surface area contributed by atoms with Crippen LogP contribution in [0.25, 0.3) is 0 Å². The zero-order valence-corrected chi connectivity index (χ0v) is 19.2. The number of allylic oxidation sites excluding steroid dienone is 1. The summed E-state index contributed by atoms with van der Waals surface area (Å²) in [4.78, 5) is 24.7. The van der Waals surface area contributed by atoms with Crippen molar-refractivity contribution in [1.82, 2.24) is 10.6 Å². The Bertz CT molecular complexity index is 988. The maximum absolute atomic E-state index is 12.6. The summed E-state index contributed by atoms with van der Waals surface area (Å²) in [7, 11) is 1.55. The van der Waals surface area contributed by atoms with E-state index in [0.29, 0.717) is 48.0 Å². The van der Waals surface area contributed by atoms with Gasteiger partial charge in [0.2, 0.25) is 0 Å². The molecule has 2 amide bonds. The zero-order valence-electron chi connectivity index (χ0n) is 17.7. The molecular formula is C23H25BrN2O5. The Morgan fingerprint density at radius 2 is 1.87 bits per heavy atom. The van der Waals surface area contributed by atoms with E-state index in [9.17, 15) is 9.59 Å². The third kappa shape index (κ3) is 5.58. The molecule has 1 atom stereocenters. The van der Waals surface area contributed by atoms with Gasteiger partial charge in [-0.3, -0.25) is 0 Å². The van der Waals surface area contributed by atoms with Crippen LogP contribution in [0.4, 0.5) is 4.79 Å². The molecule has 7 nitrogen and oxygen atoms in total. The minimum Gasteiger partial charge on any atom is -0.493 e. The minimum atomic E-state index is -0.660. The van der Waals surface area contributed by atoms with E-state index in [1.165, 1.54) is 0 Å². The van der Waals surface area contributed by atoms with E-state index in [2.05, 4.69) is 26.6 Å². The number of hydrogen-bond donors (Lipinski definition) is 2. The largest absolute Gasteiger partial charge is 0.493 e. The Morgan fingerprint density at radius 3 is 2.55 bits per heavy atom. The van der Waals surface area contributed by atoms with Gasteiger partial charge in [-0.25, -0.2) is 9.59 Å². The van der Waals surface area contributed by atoms with E-state index in [1.807, 2.05) is 31.2 Å². The van der Waals surface area contributed by atoms with E-state index in [0.717, 1.165) is 10.0 Å². The lowest BCUT2D eigenvalue weighted by atomic mass is 9.95. The van der Waals surface area contributed by atoms with Crippen molar-refractivity contribution in [1.29, 1.82) is 0 Å². The highest BCUT2D eigenvalue weighted by molar-refractivity contribution is 9.10. The number of rotatable bonds is 8. The summed E-state index contributed by atoms with van der Waals surface area (Å²) in [5.41, 5.74) is 2.52. The summed E-state index contributed by atoms with van der Waals surface area (Å²) < 4.78 is 17.7. The van der Waals surface area contributed by atoms with Crippen LogP contribution in [-0.2, 0) is 16.1 Å². The number of ether oxygens (including phenoxy) is 3. The predicted molar refractivity (Wildman–Crippen MR) is 120 cm³/mol. The monoisotopic (exact) mass is 488 g/mol. The van der Waals surface area contributed by atoms with Crippen molar-refractivity contribution in [2.75, 3.05) is 13.7 Å². The van der Waals surface area contributed by atoms with Gasteiger partial charge in [0.05, 0.1) is 25.3 Å². The molecule has 0 spiro atoms. The summed E-state index contributed by atoms with van der Waals surface area (Å²) in [5, 5.41) is 5.43. The molecule has 1 aliphatic heterocycles. The van der Waals surface area contributed by atoms with Crippen LogP contribution in [0.5, 0.6) is 11.5 Å². The van der Waals surface area contributed by atoms with Crippen LogP contribution < -0.4 is 20.1 Å². The normalized spacial score (nSPS) is 15.7. The molecule has 0 bridgehead atoms. The highest BCUT2D eigenvalue weighted by atomic mass is 79.9. The van der Waals surface area contributed by atoms with Crippen LogP contribution in [0.2, 0.25) is 0 Å². The summed E-state index contributed by atoms with van der Waals surface area (Å²) >= 11 is 3.42. The summed E-state index contributed by atoms with van der Waals surface area (Å²) in [6, 6.07) is 12.1. The van der Waals surface area contributed by atoms with Crippen LogP contribution in [0.1, 0.15) is 37.4 Å². The van der Waals surface area contributed by atoms with Crippen LogP contribution >= 0.6 is 15.9 Å². The quantitative estimate of drug-likeness (QED) is 0.529. The number of amides is 2. The average molecular weight is 489 g/mol. The third-order valence-corrected chi connectivity index (χ3v) is 5.28. The molecule has 2 N–H and O–H groups in total. The number of methoxy groups -OCH3 is 1. The average Bonchev–Trinajstić information content (AvgIpc) is 2.76. The topological polar surface area (TPSA) is 85.9 Å². The standard InChI is InChI=1S/C23H25BrN2O5/c1-4-11-30-22(27)20-14(2)25-23(28)26-21(20)16-7-10-18(19(12-16)29-3)31-13-15-5-8-17(24)9-6-15/h5-10,12,21H,4,11,13H2,1-3H3,(H2,25,26,28). The van der Waals surface area contributed by atoms with Gasteiger partial charge in [-0.2, -0.15) is 0 Å². The molecule has 0 aliphatic carbocycles. The molecule has 0 fully saturated rings. The summed E-state index contributed by atoms with van der Waals surface area (Å²) in [6.07, 6.45) is 0.709. The zero-order chi connectivity index (χ0) is 22.4. The number of esters is 1. The number of nitrogens with one attached hydrogen (secondary N) is 2. The van der Waals surface area contributed by atoms with Gasteiger partial charge >= 0.3 is 12.0 Å². The van der Waals surface area contributed by atoms with Gasteiger partial charge in [-0.05, 0) is 48.7 Å². The lowest BCUT2D eigenvalue weighted by molar-refractivity contribution is -0.139. The molecule has 1 heterocycles. The molecule has 0 aromatic heterocycles. The van der Waals surface area contributed by atoms with Crippen molar-refractivity contribution in [3.8, 4) is 11.5 Å². The van der Waals surface area contributed by atoms with E-state index in [1.54, 1.807) is 32.2 Å². The fraction of sp³-hybridized carbons (Fsp3) is 0.304. The first-order valence-electron chi connectivity index (χ1n) is 9.93. The summed E-state index contributed by atoms with van der Waals surface area (Å²) in [5.74, 6) is 0.595. The number of carbonyl (C=O) groups excluding carboxylic acids is 2. The van der Waals surface area contributed by atoms with Gasteiger partial charge in [0.1, 0.15) is 6.61 Å². The van der Waals surface area contributed by atoms with Crippen LogP contribution in [-0.4, -0.2) is 25.7 Å². The molecule has 31 heavy (non-hydrogen) atoms. The Morgan fingerprint density at radius 1 is 1.13 bits per heavy atom. The molecule has 0 saturated carbocycles. The number of carbonyl (C=O) groups is 2. The molecule has 0 saturated heterocycles. The highest BCUT2D eigenvalue weighted by Gasteiger charge is 2.32. The van der Waals surface area contributed by atoms with Gasteiger partial charge < -0.3 is 24.8 Å². The molecule has 2 aromatic rings. The molecule has 1 aliphatic rings. The first-order chi connectivity index (χ1) is 14.9. The predicted octanol–water partition coefficient (Wildman–Crippen LogP) is 4.62. The fourth-order valence-corrected chi connectivity index (χ4v) is 3.48. The van der Waals surface area contributed by atoms with E-state index in [-0.39, 0.29) is 6.03 Å². The van der Waals surface area contributed by atoms with E-state index >= 15 is 0 Å². The second kappa shape index (κ2) is 10.3. The first-order valence-corrected chi connectivity index (χ1v) is 10.7. The number of halogens is 1. The van der Waals surface area contributed by atoms with Crippen LogP contribution in [0, 0.1) is 0 Å². The number of urea groups is 1. The fourth-order valence-electron chi connectivity index (χ4n) is 3.21.